The zero-order valence-corrected chi connectivity index (χ0v) is 14.4. The fourth-order valence-corrected chi connectivity index (χ4v) is 2.77. The Morgan fingerprint density at radius 2 is 2.18 bits per heavy atom. The van der Waals surface area contributed by atoms with Crippen molar-refractivity contribution in [3.05, 3.63) is 52.0 Å². The Hall–Kier alpha value is -1.55. The molecule has 4 heteroatoms. The highest BCUT2D eigenvalue weighted by Crippen LogP contribution is 2.27. The van der Waals surface area contributed by atoms with Gasteiger partial charge >= 0.3 is 5.97 Å². The van der Waals surface area contributed by atoms with Crippen LogP contribution in [-0.4, -0.2) is 19.2 Å². The van der Waals surface area contributed by atoms with Crippen LogP contribution in [0.25, 0.3) is 0 Å². The number of benzene rings is 1. The van der Waals surface area contributed by atoms with Gasteiger partial charge in [-0.2, -0.15) is 0 Å². The summed E-state index contributed by atoms with van der Waals surface area (Å²) >= 11 is 3.53. The number of carbonyl (C=O) groups is 1. The van der Waals surface area contributed by atoms with Crippen LogP contribution in [0.3, 0.4) is 0 Å². The van der Waals surface area contributed by atoms with E-state index in [0.29, 0.717) is 26.1 Å². The van der Waals surface area contributed by atoms with Crippen LogP contribution in [0, 0.1) is 0 Å². The highest BCUT2D eigenvalue weighted by molar-refractivity contribution is 9.10. The van der Waals surface area contributed by atoms with Crippen LogP contribution in [0.4, 0.5) is 0 Å². The van der Waals surface area contributed by atoms with E-state index in [2.05, 4.69) is 34.2 Å². The fraction of sp³-hybridized carbons (Fsp3) is 0.389. The van der Waals surface area contributed by atoms with Crippen LogP contribution in [0.1, 0.15) is 31.7 Å². The van der Waals surface area contributed by atoms with Crippen molar-refractivity contribution in [1.82, 2.24) is 0 Å². The summed E-state index contributed by atoms with van der Waals surface area (Å²) in [6.45, 7) is 2.83. The first-order valence-electron chi connectivity index (χ1n) is 7.61. The Bertz CT molecular complexity index is 576. The Balaban J connectivity index is 1.87. The molecule has 0 bridgehead atoms. The number of aryl methyl sites for hydroxylation is 1. The van der Waals surface area contributed by atoms with Gasteiger partial charge in [-0.25, -0.2) is 0 Å². The highest BCUT2D eigenvalue weighted by atomic mass is 79.9. The second-order valence-corrected chi connectivity index (χ2v) is 5.97. The second kappa shape index (κ2) is 8.79. The summed E-state index contributed by atoms with van der Waals surface area (Å²) in [7, 11) is 0. The fourth-order valence-electron chi connectivity index (χ4n) is 2.23. The molecule has 0 atom stereocenters. The number of ether oxygens (including phenoxy) is 2. The SMILES string of the molecule is CCOC(=O)CCc1ccc(OCC2=CCCC=C2)c(Br)c1. The number of hydrogen-bond donors (Lipinski definition) is 0. The number of esters is 1. The predicted octanol–water partition coefficient (Wildman–Crippen LogP) is 4.60. The van der Waals surface area contributed by atoms with E-state index in [0.717, 1.165) is 28.6 Å². The van der Waals surface area contributed by atoms with Crippen molar-refractivity contribution in [3.8, 4) is 5.75 Å². The van der Waals surface area contributed by atoms with Gasteiger partial charge in [0.05, 0.1) is 11.1 Å². The average Bonchev–Trinajstić information content (AvgIpc) is 2.53. The van der Waals surface area contributed by atoms with Crippen LogP contribution in [0.2, 0.25) is 0 Å². The average molecular weight is 365 g/mol. The molecule has 1 aromatic carbocycles. The van der Waals surface area contributed by atoms with Gasteiger partial charge in [-0.15, -0.1) is 0 Å². The van der Waals surface area contributed by atoms with E-state index in [1.54, 1.807) is 0 Å². The van der Waals surface area contributed by atoms with E-state index < -0.39 is 0 Å². The van der Waals surface area contributed by atoms with Crippen molar-refractivity contribution in [2.24, 2.45) is 0 Å². The molecular weight excluding hydrogens is 344 g/mol. The third-order valence-electron chi connectivity index (χ3n) is 3.39. The Labute approximate surface area is 140 Å². The molecule has 22 heavy (non-hydrogen) atoms. The molecule has 0 radical (unpaired) electrons. The zero-order chi connectivity index (χ0) is 15.8. The molecule has 118 valence electrons. The lowest BCUT2D eigenvalue weighted by atomic mass is 10.1. The lowest BCUT2D eigenvalue weighted by Gasteiger charge is -2.12. The van der Waals surface area contributed by atoms with E-state index in [9.17, 15) is 4.79 Å². The summed E-state index contributed by atoms with van der Waals surface area (Å²) < 4.78 is 11.7. The van der Waals surface area contributed by atoms with Gasteiger partial charge in [-0.3, -0.25) is 4.79 Å². The van der Waals surface area contributed by atoms with Gasteiger partial charge in [0.2, 0.25) is 0 Å². The number of halogens is 1. The third-order valence-corrected chi connectivity index (χ3v) is 4.01. The van der Waals surface area contributed by atoms with E-state index in [1.807, 2.05) is 25.1 Å². The lowest BCUT2D eigenvalue weighted by molar-refractivity contribution is -0.143. The molecule has 0 saturated heterocycles. The van der Waals surface area contributed by atoms with Gasteiger partial charge in [0.1, 0.15) is 12.4 Å². The molecule has 0 heterocycles. The van der Waals surface area contributed by atoms with E-state index in [-0.39, 0.29) is 5.97 Å². The number of hydrogen-bond acceptors (Lipinski definition) is 3. The van der Waals surface area contributed by atoms with Crippen LogP contribution in [0.15, 0.2) is 46.5 Å². The number of allylic oxidation sites excluding steroid dienone is 2. The lowest BCUT2D eigenvalue weighted by Crippen LogP contribution is -2.05. The van der Waals surface area contributed by atoms with Crippen LogP contribution < -0.4 is 4.74 Å². The van der Waals surface area contributed by atoms with Gasteiger partial charge in [-0.05, 0) is 65.4 Å². The van der Waals surface area contributed by atoms with Crippen molar-refractivity contribution in [2.45, 2.75) is 32.6 Å². The second-order valence-electron chi connectivity index (χ2n) is 5.12. The topological polar surface area (TPSA) is 35.5 Å². The summed E-state index contributed by atoms with van der Waals surface area (Å²) in [6, 6.07) is 5.93. The molecular formula is C18H21BrO3. The first kappa shape index (κ1) is 16.8. The highest BCUT2D eigenvalue weighted by Gasteiger charge is 2.07. The Morgan fingerprint density at radius 3 is 2.86 bits per heavy atom. The van der Waals surface area contributed by atoms with E-state index in [1.165, 1.54) is 5.57 Å². The molecule has 0 N–H and O–H groups in total. The molecule has 0 aliphatic heterocycles. The summed E-state index contributed by atoms with van der Waals surface area (Å²) in [5.41, 5.74) is 2.30. The molecule has 2 rings (SSSR count). The molecule has 0 aromatic heterocycles. The summed E-state index contributed by atoms with van der Waals surface area (Å²) in [6.07, 6.45) is 9.77. The van der Waals surface area contributed by atoms with Crippen LogP contribution in [0.5, 0.6) is 5.75 Å². The van der Waals surface area contributed by atoms with E-state index >= 15 is 0 Å². The normalized spacial score (nSPS) is 13.6. The minimum Gasteiger partial charge on any atom is -0.488 e. The minimum absolute atomic E-state index is 0.157. The van der Waals surface area contributed by atoms with Crippen molar-refractivity contribution < 1.29 is 14.3 Å². The van der Waals surface area contributed by atoms with Crippen molar-refractivity contribution >= 4 is 21.9 Å². The van der Waals surface area contributed by atoms with Gasteiger partial charge in [0.15, 0.2) is 0 Å². The van der Waals surface area contributed by atoms with Crippen molar-refractivity contribution in [2.75, 3.05) is 13.2 Å². The summed E-state index contributed by atoms with van der Waals surface area (Å²) in [4.78, 5) is 11.4. The van der Waals surface area contributed by atoms with Crippen LogP contribution >= 0.6 is 15.9 Å². The van der Waals surface area contributed by atoms with Crippen molar-refractivity contribution in [3.63, 3.8) is 0 Å². The Kier molecular flexibility index (Phi) is 6.72. The number of rotatable bonds is 7. The smallest absolute Gasteiger partial charge is 0.306 e. The predicted molar refractivity (Wildman–Crippen MR) is 91.0 cm³/mol. The Morgan fingerprint density at radius 1 is 1.32 bits per heavy atom. The largest absolute Gasteiger partial charge is 0.488 e. The zero-order valence-electron chi connectivity index (χ0n) is 12.8. The van der Waals surface area contributed by atoms with Gasteiger partial charge in [0.25, 0.3) is 0 Å². The van der Waals surface area contributed by atoms with Crippen LogP contribution in [-0.2, 0) is 16.0 Å². The number of carbonyl (C=O) groups excluding carboxylic acids is 1. The molecule has 0 fully saturated rings. The van der Waals surface area contributed by atoms with Gasteiger partial charge in [0, 0.05) is 6.42 Å². The molecule has 0 saturated carbocycles. The molecule has 1 aliphatic carbocycles. The molecule has 0 amide bonds. The first-order chi connectivity index (χ1) is 10.7. The van der Waals surface area contributed by atoms with Crippen molar-refractivity contribution in [1.29, 1.82) is 0 Å². The maximum absolute atomic E-state index is 11.4. The maximum atomic E-state index is 11.4. The molecule has 1 aromatic rings. The van der Waals surface area contributed by atoms with Gasteiger partial charge < -0.3 is 9.47 Å². The molecule has 0 spiro atoms. The standard InChI is InChI=1S/C18H21BrO3/c1-2-21-18(20)11-9-14-8-10-17(16(19)12-14)22-13-15-6-4-3-5-7-15/h4,6-8,10,12H,2-3,5,9,11,13H2,1H3. The summed E-state index contributed by atoms with van der Waals surface area (Å²) in [5.74, 6) is 0.662. The molecule has 0 unspecified atom stereocenters. The monoisotopic (exact) mass is 364 g/mol. The quantitative estimate of drug-likeness (QED) is 0.663. The summed E-state index contributed by atoms with van der Waals surface area (Å²) in [5, 5.41) is 0. The van der Waals surface area contributed by atoms with E-state index in [4.69, 9.17) is 9.47 Å². The first-order valence-corrected chi connectivity index (χ1v) is 8.40. The maximum Gasteiger partial charge on any atom is 0.306 e. The minimum atomic E-state index is -0.157. The third kappa shape index (κ3) is 5.34. The molecule has 3 nitrogen and oxygen atoms in total. The molecule has 1 aliphatic rings. The van der Waals surface area contributed by atoms with Gasteiger partial charge in [-0.1, -0.05) is 24.3 Å².